The van der Waals surface area contributed by atoms with Crippen LogP contribution in [0.2, 0.25) is 5.02 Å². The summed E-state index contributed by atoms with van der Waals surface area (Å²) >= 11 is 5.82. The number of aliphatic hydroxyl groups is 1. The van der Waals surface area contributed by atoms with E-state index in [1.807, 2.05) is 20.8 Å². The van der Waals surface area contributed by atoms with E-state index in [9.17, 15) is 12.8 Å². The summed E-state index contributed by atoms with van der Waals surface area (Å²) in [5.74, 6) is -0.677. The van der Waals surface area contributed by atoms with Crippen LogP contribution in [0.15, 0.2) is 23.1 Å². The number of sulfonamides is 1. The first-order valence-corrected chi connectivity index (χ1v) is 8.02. The van der Waals surface area contributed by atoms with E-state index in [-0.39, 0.29) is 22.9 Å². The smallest absolute Gasteiger partial charge is 0.242 e. The van der Waals surface area contributed by atoms with E-state index in [0.29, 0.717) is 0 Å². The maximum Gasteiger partial charge on any atom is 0.242 e. The topological polar surface area (TPSA) is 66.4 Å². The SMILES string of the molecule is CC(C)(C)C(CCO)NS(=O)(=O)c1cc(F)ccc1Cl. The minimum absolute atomic E-state index is 0.0458. The molecule has 0 aromatic heterocycles. The summed E-state index contributed by atoms with van der Waals surface area (Å²) in [6.07, 6.45) is 0.260. The quantitative estimate of drug-likeness (QED) is 0.875. The van der Waals surface area contributed by atoms with E-state index >= 15 is 0 Å². The van der Waals surface area contributed by atoms with Crippen molar-refractivity contribution in [3.8, 4) is 0 Å². The maximum atomic E-state index is 13.2. The summed E-state index contributed by atoms with van der Waals surface area (Å²) in [6, 6.07) is 2.68. The lowest BCUT2D eigenvalue weighted by molar-refractivity contribution is 0.214. The number of hydrogen-bond acceptors (Lipinski definition) is 3. The van der Waals surface area contributed by atoms with Gasteiger partial charge < -0.3 is 5.11 Å². The number of rotatable bonds is 5. The van der Waals surface area contributed by atoms with Crippen molar-refractivity contribution in [2.75, 3.05) is 6.61 Å². The zero-order chi connectivity index (χ0) is 15.6. The highest BCUT2D eigenvalue weighted by molar-refractivity contribution is 7.89. The van der Waals surface area contributed by atoms with Crippen molar-refractivity contribution in [3.63, 3.8) is 0 Å². The Morgan fingerprint density at radius 1 is 1.40 bits per heavy atom. The molecule has 4 nitrogen and oxygen atoms in total. The molecule has 7 heteroatoms. The first-order valence-electron chi connectivity index (χ1n) is 6.16. The average molecular weight is 324 g/mol. The summed E-state index contributed by atoms with van der Waals surface area (Å²) in [5, 5.41) is 9.00. The predicted molar refractivity (Wildman–Crippen MR) is 76.7 cm³/mol. The number of aliphatic hydroxyl groups excluding tert-OH is 1. The van der Waals surface area contributed by atoms with Crippen LogP contribution in [-0.4, -0.2) is 26.2 Å². The van der Waals surface area contributed by atoms with Crippen LogP contribution < -0.4 is 4.72 Å². The molecule has 0 saturated heterocycles. The molecule has 0 aliphatic carbocycles. The summed E-state index contributed by atoms with van der Waals surface area (Å²) in [4.78, 5) is -0.300. The Kier molecular flexibility index (Phi) is 5.54. The minimum Gasteiger partial charge on any atom is -0.396 e. The van der Waals surface area contributed by atoms with E-state index in [2.05, 4.69) is 4.72 Å². The third-order valence-electron chi connectivity index (χ3n) is 2.94. The van der Waals surface area contributed by atoms with E-state index in [0.717, 1.165) is 12.1 Å². The fourth-order valence-corrected chi connectivity index (χ4v) is 3.72. The van der Waals surface area contributed by atoms with Gasteiger partial charge in [-0.05, 0) is 30.0 Å². The Morgan fingerprint density at radius 3 is 2.50 bits per heavy atom. The summed E-state index contributed by atoms with van der Waals surface area (Å²) in [6.45, 7) is 5.40. The monoisotopic (exact) mass is 323 g/mol. The Bertz CT molecular complexity index is 569. The van der Waals surface area contributed by atoms with Crippen LogP contribution in [0.5, 0.6) is 0 Å². The second-order valence-electron chi connectivity index (χ2n) is 5.63. The lowest BCUT2D eigenvalue weighted by Gasteiger charge is -2.30. The molecule has 0 bridgehead atoms. The summed E-state index contributed by atoms with van der Waals surface area (Å²) in [7, 11) is -3.95. The van der Waals surface area contributed by atoms with Gasteiger partial charge in [0.05, 0.1) is 5.02 Å². The van der Waals surface area contributed by atoms with Gasteiger partial charge in [-0.3, -0.25) is 0 Å². The molecule has 0 fully saturated rings. The normalized spacial score (nSPS) is 14.3. The van der Waals surface area contributed by atoms with Gasteiger partial charge in [0, 0.05) is 12.6 Å². The van der Waals surface area contributed by atoms with Crippen LogP contribution in [0.1, 0.15) is 27.2 Å². The standard InChI is InChI=1S/C13H19ClFNO3S/c1-13(2,3)12(6-7-17)16-20(18,19)11-8-9(15)4-5-10(11)14/h4-5,8,12,16-17H,6-7H2,1-3H3. The molecule has 0 amide bonds. The molecule has 114 valence electrons. The van der Waals surface area contributed by atoms with E-state index in [4.69, 9.17) is 16.7 Å². The van der Waals surface area contributed by atoms with Crippen molar-refractivity contribution >= 4 is 21.6 Å². The molecule has 20 heavy (non-hydrogen) atoms. The van der Waals surface area contributed by atoms with Crippen LogP contribution in [0.4, 0.5) is 4.39 Å². The average Bonchev–Trinajstić information content (AvgIpc) is 2.30. The molecular formula is C13H19ClFNO3S. The van der Waals surface area contributed by atoms with Gasteiger partial charge in [0.2, 0.25) is 10.0 Å². The largest absolute Gasteiger partial charge is 0.396 e. The zero-order valence-electron chi connectivity index (χ0n) is 11.7. The lowest BCUT2D eigenvalue weighted by Crippen LogP contribution is -2.44. The molecule has 2 N–H and O–H groups in total. The van der Waals surface area contributed by atoms with Gasteiger partial charge in [0.15, 0.2) is 0 Å². The fourth-order valence-electron chi connectivity index (χ4n) is 1.73. The molecule has 0 aliphatic heterocycles. The van der Waals surface area contributed by atoms with E-state index in [1.165, 1.54) is 6.07 Å². The third kappa shape index (κ3) is 4.41. The maximum absolute atomic E-state index is 13.2. The predicted octanol–water partition coefficient (Wildman–Crippen LogP) is 2.55. The Hall–Kier alpha value is -0.690. The van der Waals surface area contributed by atoms with Crippen molar-refractivity contribution in [2.24, 2.45) is 5.41 Å². The van der Waals surface area contributed by atoms with Gasteiger partial charge >= 0.3 is 0 Å². The molecule has 1 aromatic carbocycles. The van der Waals surface area contributed by atoms with Gasteiger partial charge in [0.25, 0.3) is 0 Å². The first kappa shape index (κ1) is 17.4. The lowest BCUT2D eigenvalue weighted by atomic mass is 9.86. The number of nitrogens with one attached hydrogen (secondary N) is 1. The number of halogens is 2. The highest BCUT2D eigenvalue weighted by atomic mass is 35.5. The van der Waals surface area contributed by atoms with Crippen LogP contribution in [-0.2, 0) is 10.0 Å². The molecule has 0 saturated carbocycles. The molecular weight excluding hydrogens is 305 g/mol. The molecule has 1 atom stereocenters. The van der Waals surface area contributed by atoms with E-state index < -0.39 is 27.3 Å². The van der Waals surface area contributed by atoms with Gasteiger partial charge in [-0.1, -0.05) is 32.4 Å². The zero-order valence-corrected chi connectivity index (χ0v) is 13.2. The van der Waals surface area contributed by atoms with Crippen molar-refractivity contribution in [1.29, 1.82) is 0 Å². The van der Waals surface area contributed by atoms with E-state index in [1.54, 1.807) is 0 Å². The van der Waals surface area contributed by atoms with Crippen LogP contribution in [0.3, 0.4) is 0 Å². The molecule has 0 heterocycles. The van der Waals surface area contributed by atoms with Crippen molar-refractivity contribution in [2.45, 2.75) is 38.1 Å². The second kappa shape index (κ2) is 6.39. The molecule has 0 radical (unpaired) electrons. The van der Waals surface area contributed by atoms with Crippen LogP contribution in [0, 0.1) is 11.2 Å². The summed E-state index contributed by atoms with van der Waals surface area (Å²) in [5.41, 5.74) is -0.393. The molecule has 1 rings (SSSR count). The molecule has 0 aliphatic rings. The van der Waals surface area contributed by atoms with Crippen LogP contribution >= 0.6 is 11.6 Å². The van der Waals surface area contributed by atoms with Gasteiger partial charge in [-0.2, -0.15) is 0 Å². The van der Waals surface area contributed by atoms with Gasteiger partial charge in [-0.25, -0.2) is 17.5 Å². The molecule has 1 aromatic rings. The van der Waals surface area contributed by atoms with Gasteiger partial charge in [0.1, 0.15) is 10.7 Å². The van der Waals surface area contributed by atoms with Gasteiger partial charge in [-0.15, -0.1) is 0 Å². The minimum atomic E-state index is -3.95. The third-order valence-corrected chi connectivity index (χ3v) is 4.90. The van der Waals surface area contributed by atoms with Crippen molar-refractivity contribution in [1.82, 2.24) is 4.72 Å². The number of hydrogen-bond donors (Lipinski definition) is 2. The Balaban J connectivity index is 3.13. The molecule has 0 spiro atoms. The molecule has 1 unspecified atom stereocenters. The second-order valence-corrected chi connectivity index (χ2v) is 7.72. The fraction of sp³-hybridized carbons (Fsp3) is 0.538. The van der Waals surface area contributed by atoms with Crippen molar-refractivity contribution < 1.29 is 17.9 Å². The Morgan fingerprint density at radius 2 is 2.00 bits per heavy atom. The highest BCUT2D eigenvalue weighted by Gasteiger charge is 2.30. The number of benzene rings is 1. The highest BCUT2D eigenvalue weighted by Crippen LogP contribution is 2.26. The summed E-state index contributed by atoms with van der Waals surface area (Å²) < 4.78 is 40.3. The van der Waals surface area contributed by atoms with Crippen molar-refractivity contribution in [3.05, 3.63) is 29.0 Å². The van der Waals surface area contributed by atoms with Crippen LogP contribution in [0.25, 0.3) is 0 Å². The Labute approximate surface area is 124 Å². The first-order chi connectivity index (χ1) is 9.08.